The van der Waals surface area contributed by atoms with E-state index >= 15 is 0 Å². The molecule has 1 fully saturated rings. The molecule has 0 spiro atoms. The van der Waals surface area contributed by atoms with Gasteiger partial charge in [0.05, 0.1) is 6.20 Å². The zero-order valence-electron chi connectivity index (χ0n) is 6.92. The third-order valence-corrected chi connectivity index (χ3v) is 2.87. The maximum atomic E-state index is 5.43. The number of hydrogen-bond donors (Lipinski definition) is 0. The molecule has 0 unspecified atom stereocenters. The summed E-state index contributed by atoms with van der Waals surface area (Å²) in [5.74, 6) is 1.68. The smallest absolute Gasteiger partial charge is 0.264 e. The first-order valence-corrected chi connectivity index (χ1v) is 5.27. The van der Waals surface area contributed by atoms with Gasteiger partial charge in [0.1, 0.15) is 5.76 Å². The first-order chi connectivity index (χ1) is 5.86. The Hall–Kier alpha value is -0.310. The van der Waals surface area contributed by atoms with Crippen LogP contribution in [0.5, 0.6) is 0 Å². The largest absolute Gasteiger partial charge is 0.436 e. The van der Waals surface area contributed by atoms with Crippen molar-refractivity contribution in [2.45, 2.75) is 38.0 Å². The predicted octanol–water partition coefficient (Wildman–Crippen LogP) is 3.48. The van der Waals surface area contributed by atoms with Gasteiger partial charge in [0.15, 0.2) is 0 Å². The molecule has 0 atom stereocenters. The Balaban J connectivity index is 2.08. The molecular weight excluding hydrogens is 218 g/mol. The van der Waals surface area contributed by atoms with Crippen molar-refractivity contribution in [2.75, 3.05) is 0 Å². The zero-order valence-corrected chi connectivity index (χ0v) is 8.51. The fourth-order valence-electron chi connectivity index (χ4n) is 1.84. The minimum atomic E-state index is 0.614. The van der Waals surface area contributed by atoms with Crippen molar-refractivity contribution < 1.29 is 4.42 Å². The molecule has 0 N–H and O–H groups in total. The van der Waals surface area contributed by atoms with E-state index < -0.39 is 0 Å². The Morgan fingerprint density at radius 2 is 2.08 bits per heavy atom. The average molecular weight is 230 g/mol. The Kier molecular flexibility index (Phi) is 2.49. The Bertz CT molecular complexity index is 253. The Morgan fingerprint density at radius 3 is 2.67 bits per heavy atom. The third-order valence-electron chi connectivity index (χ3n) is 2.50. The summed E-state index contributed by atoms with van der Waals surface area (Å²) in [5.41, 5.74) is 0. The Morgan fingerprint density at radius 1 is 1.33 bits per heavy atom. The SMILES string of the molecule is Brc1ncc(C2CCCCC2)o1. The first kappa shape index (κ1) is 8.30. The summed E-state index contributed by atoms with van der Waals surface area (Å²) in [6, 6.07) is 0. The van der Waals surface area contributed by atoms with Crippen LogP contribution in [0, 0.1) is 0 Å². The summed E-state index contributed by atoms with van der Waals surface area (Å²) in [7, 11) is 0. The molecule has 0 aromatic carbocycles. The number of hydrogen-bond acceptors (Lipinski definition) is 2. The highest BCUT2D eigenvalue weighted by Gasteiger charge is 2.18. The summed E-state index contributed by atoms with van der Waals surface area (Å²) in [4.78, 5) is 4.66. The molecule has 1 aliphatic rings. The van der Waals surface area contributed by atoms with Crippen molar-refractivity contribution in [3.05, 3.63) is 16.8 Å². The normalized spacial score (nSPS) is 19.8. The van der Waals surface area contributed by atoms with Gasteiger partial charge in [-0.05, 0) is 12.8 Å². The second-order valence-corrected chi connectivity index (χ2v) is 4.03. The molecule has 0 bridgehead atoms. The van der Waals surface area contributed by atoms with E-state index in [9.17, 15) is 0 Å². The lowest BCUT2D eigenvalue weighted by molar-refractivity contribution is 0.366. The molecule has 0 amide bonds. The molecule has 1 aromatic heterocycles. The average Bonchev–Trinajstić information content (AvgIpc) is 2.54. The van der Waals surface area contributed by atoms with Crippen molar-refractivity contribution in [1.29, 1.82) is 0 Å². The van der Waals surface area contributed by atoms with Gasteiger partial charge < -0.3 is 4.42 Å². The van der Waals surface area contributed by atoms with Crippen LogP contribution in [-0.4, -0.2) is 4.98 Å². The highest BCUT2D eigenvalue weighted by molar-refractivity contribution is 9.10. The van der Waals surface area contributed by atoms with Crippen LogP contribution in [-0.2, 0) is 0 Å². The summed E-state index contributed by atoms with van der Waals surface area (Å²) < 4.78 is 5.43. The second kappa shape index (κ2) is 3.60. The molecule has 0 radical (unpaired) electrons. The van der Waals surface area contributed by atoms with Crippen molar-refractivity contribution in [3.63, 3.8) is 0 Å². The van der Waals surface area contributed by atoms with Gasteiger partial charge in [-0.3, -0.25) is 0 Å². The standard InChI is InChI=1S/C9H12BrNO/c10-9-11-6-8(12-9)7-4-2-1-3-5-7/h6-7H,1-5H2. The van der Waals surface area contributed by atoms with Crippen LogP contribution < -0.4 is 0 Å². The lowest BCUT2D eigenvalue weighted by Gasteiger charge is -2.18. The molecule has 2 nitrogen and oxygen atoms in total. The first-order valence-electron chi connectivity index (χ1n) is 4.47. The maximum Gasteiger partial charge on any atom is 0.264 e. The molecule has 3 heteroatoms. The zero-order chi connectivity index (χ0) is 8.39. The molecular formula is C9H12BrNO. The van der Waals surface area contributed by atoms with E-state index in [0.29, 0.717) is 10.7 Å². The maximum absolute atomic E-state index is 5.43. The number of halogens is 1. The van der Waals surface area contributed by atoms with Gasteiger partial charge in [0.2, 0.25) is 0 Å². The molecule has 66 valence electrons. The van der Waals surface area contributed by atoms with Crippen LogP contribution in [0.3, 0.4) is 0 Å². The number of nitrogens with zero attached hydrogens (tertiary/aromatic N) is 1. The lowest BCUT2D eigenvalue weighted by atomic mass is 9.88. The van der Waals surface area contributed by atoms with Crippen LogP contribution in [0.4, 0.5) is 0 Å². The second-order valence-electron chi connectivity index (χ2n) is 3.35. The molecule has 1 aliphatic carbocycles. The van der Waals surface area contributed by atoms with Gasteiger partial charge in [-0.25, -0.2) is 4.98 Å². The fourth-order valence-corrected chi connectivity index (χ4v) is 2.13. The van der Waals surface area contributed by atoms with Crippen LogP contribution >= 0.6 is 15.9 Å². The van der Waals surface area contributed by atoms with Crippen molar-refractivity contribution >= 4 is 15.9 Å². The van der Waals surface area contributed by atoms with Gasteiger partial charge in [0, 0.05) is 21.8 Å². The highest BCUT2D eigenvalue weighted by atomic mass is 79.9. The quantitative estimate of drug-likeness (QED) is 0.738. The van der Waals surface area contributed by atoms with Crippen LogP contribution in [0.25, 0.3) is 0 Å². The van der Waals surface area contributed by atoms with Gasteiger partial charge in [0.25, 0.3) is 4.80 Å². The summed E-state index contributed by atoms with van der Waals surface area (Å²) in [5, 5.41) is 0. The van der Waals surface area contributed by atoms with Gasteiger partial charge >= 0.3 is 0 Å². The van der Waals surface area contributed by atoms with E-state index in [1.165, 1.54) is 32.1 Å². The summed E-state index contributed by atoms with van der Waals surface area (Å²) in [6.07, 6.45) is 8.43. The van der Waals surface area contributed by atoms with Gasteiger partial charge in [-0.2, -0.15) is 0 Å². The van der Waals surface area contributed by atoms with E-state index in [1.807, 2.05) is 6.20 Å². The van der Waals surface area contributed by atoms with E-state index in [1.54, 1.807) is 0 Å². The number of aromatic nitrogens is 1. The van der Waals surface area contributed by atoms with Crippen molar-refractivity contribution in [3.8, 4) is 0 Å². The van der Waals surface area contributed by atoms with Crippen LogP contribution in [0.1, 0.15) is 43.8 Å². The fraction of sp³-hybridized carbons (Fsp3) is 0.667. The molecule has 2 rings (SSSR count). The molecule has 1 aromatic rings. The van der Waals surface area contributed by atoms with E-state index in [0.717, 1.165) is 5.76 Å². The van der Waals surface area contributed by atoms with Gasteiger partial charge in [-0.15, -0.1) is 0 Å². The molecule has 1 heterocycles. The number of oxazole rings is 1. The predicted molar refractivity (Wildman–Crippen MR) is 50.0 cm³/mol. The molecule has 0 saturated heterocycles. The molecule has 0 aliphatic heterocycles. The monoisotopic (exact) mass is 229 g/mol. The van der Waals surface area contributed by atoms with E-state index in [-0.39, 0.29) is 0 Å². The van der Waals surface area contributed by atoms with Gasteiger partial charge in [-0.1, -0.05) is 19.3 Å². The topological polar surface area (TPSA) is 26.0 Å². The van der Waals surface area contributed by atoms with Crippen LogP contribution in [0.2, 0.25) is 0 Å². The Labute approximate surface area is 80.5 Å². The highest BCUT2D eigenvalue weighted by Crippen LogP contribution is 2.33. The number of rotatable bonds is 1. The van der Waals surface area contributed by atoms with Crippen molar-refractivity contribution in [1.82, 2.24) is 4.98 Å². The van der Waals surface area contributed by atoms with Crippen LogP contribution in [0.15, 0.2) is 15.4 Å². The lowest BCUT2D eigenvalue weighted by Crippen LogP contribution is -2.02. The third kappa shape index (κ3) is 1.71. The van der Waals surface area contributed by atoms with E-state index in [4.69, 9.17) is 4.42 Å². The summed E-state index contributed by atoms with van der Waals surface area (Å²) >= 11 is 3.22. The summed E-state index contributed by atoms with van der Waals surface area (Å²) in [6.45, 7) is 0. The molecule has 12 heavy (non-hydrogen) atoms. The van der Waals surface area contributed by atoms with Crippen molar-refractivity contribution in [2.24, 2.45) is 0 Å². The molecule has 1 saturated carbocycles. The minimum absolute atomic E-state index is 0.614. The van der Waals surface area contributed by atoms with E-state index in [2.05, 4.69) is 20.9 Å². The minimum Gasteiger partial charge on any atom is -0.436 e.